The van der Waals surface area contributed by atoms with E-state index < -0.39 is 6.23 Å². The molecule has 2 unspecified atom stereocenters. The van der Waals surface area contributed by atoms with Crippen molar-refractivity contribution >= 4 is 22.7 Å². The second-order valence-electron chi connectivity index (χ2n) is 10.6. The largest absolute Gasteiger partial charge is 0.489 e. The zero-order valence-electron chi connectivity index (χ0n) is 23.9. The molecule has 1 aliphatic rings. The van der Waals surface area contributed by atoms with Gasteiger partial charge in [-0.25, -0.2) is 4.98 Å². The number of nitrogens with one attached hydrogen (secondary N) is 1. The lowest BCUT2D eigenvalue weighted by molar-refractivity contribution is -0.00192. The third-order valence-electron chi connectivity index (χ3n) is 7.89. The van der Waals surface area contributed by atoms with Crippen LogP contribution in [0.5, 0.6) is 5.75 Å². The number of carbonyl (C=O) groups excluding carboxylic acids is 2. The van der Waals surface area contributed by atoms with Crippen LogP contribution < -0.4 is 10.1 Å². The molecule has 1 aliphatic heterocycles. The maximum absolute atomic E-state index is 14.2. The van der Waals surface area contributed by atoms with Crippen molar-refractivity contribution in [1.29, 1.82) is 0 Å². The summed E-state index contributed by atoms with van der Waals surface area (Å²) in [6, 6.07) is 34.1. The highest BCUT2D eigenvalue weighted by Gasteiger charge is 2.31. The maximum Gasteiger partial charge on any atom is 0.256 e. The van der Waals surface area contributed by atoms with Gasteiger partial charge in [-0.05, 0) is 29.7 Å². The summed E-state index contributed by atoms with van der Waals surface area (Å²) in [4.78, 5) is 33.8. The van der Waals surface area contributed by atoms with E-state index in [0.717, 1.165) is 16.7 Å². The molecule has 1 aromatic heterocycles. The van der Waals surface area contributed by atoms with Gasteiger partial charge in [-0.15, -0.1) is 0 Å². The van der Waals surface area contributed by atoms with E-state index in [1.165, 1.54) is 4.90 Å². The summed E-state index contributed by atoms with van der Waals surface area (Å²) in [7, 11) is 0. The number of aliphatic hydroxyl groups excluding tert-OH is 1. The van der Waals surface area contributed by atoms with Crippen molar-refractivity contribution in [3.63, 3.8) is 0 Å². The van der Waals surface area contributed by atoms with Crippen LogP contribution in [0, 0.1) is 0 Å². The average molecular weight is 572 g/mol. The fourth-order valence-corrected chi connectivity index (χ4v) is 5.69. The van der Waals surface area contributed by atoms with Crippen LogP contribution in [0.15, 0.2) is 109 Å². The third kappa shape index (κ3) is 5.72. The van der Waals surface area contributed by atoms with Gasteiger partial charge in [0, 0.05) is 22.9 Å². The highest BCUT2D eigenvalue weighted by Crippen LogP contribution is 2.37. The minimum Gasteiger partial charge on any atom is -0.489 e. The number of nitrogens with zero attached hydrogens (tertiary/aromatic N) is 2. The van der Waals surface area contributed by atoms with Gasteiger partial charge in [0.05, 0.1) is 23.7 Å². The molecule has 5 aromatic rings. The van der Waals surface area contributed by atoms with Gasteiger partial charge in [0.2, 0.25) is 0 Å². The molecular formula is C36H33N3O4. The second-order valence-corrected chi connectivity index (χ2v) is 10.6. The van der Waals surface area contributed by atoms with E-state index in [-0.39, 0.29) is 31.0 Å². The lowest BCUT2D eigenvalue weighted by Crippen LogP contribution is -2.47. The highest BCUT2D eigenvalue weighted by molar-refractivity contribution is 6.10. The summed E-state index contributed by atoms with van der Waals surface area (Å²) >= 11 is 0. The Hall–Kier alpha value is -5.01. The molecule has 0 spiro atoms. The number of rotatable bonds is 9. The van der Waals surface area contributed by atoms with Crippen LogP contribution in [-0.4, -0.2) is 46.2 Å². The van der Waals surface area contributed by atoms with Crippen molar-refractivity contribution in [2.24, 2.45) is 0 Å². The summed E-state index contributed by atoms with van der Waals surface area (Å²) in [6.07, 6.45) is 0.0882. The van der Waals surface area contributed by atoms with Crippen molar-refractivity contribution in [2.45, 2.75) is 32.0 Å². The number of benzene rings is 4. The SMILES string of the molecule is CCC(NC(=O)c1c(OCCN2C(=O)c3ccccc3CC2O)c(-c2ccccc2)nc2ccccc12)c1ccccc1. The summed E-state index contributed by atoms with van der Waals surface area (Å²) < 4.78 is 6.43. The average Bonchev–Trinajstić information content (AvgIpc) is 3.05. The van der Waals surface area contributed by atoms with Gasteiger partial charge in [0.25, 0.3) is 11.8 Å². The Kier molecular flexibility index (Phi) is 8.16. The molecule has 0 aliphatic carbocycles. The Balaban J connectivity index is 1.38. The van der Waals surface area contributed by atoms with Crippen molar-refractivity contribution in [2.75, 3.05) is 13.2 Å². The van der Waals surface area contributed by atoms with Gasteiger partial charge in [-0.2, -0.15) is 0 Å². The van der Waals surface area contributed by atoms with Crippen LogP contribution in [0.4, 0.5) is 0 Å². The molecular weight excluding hydrogens is 538 g/mol. The molecule has 7 heteroatoms. The van der Waals surface area contributed by atoms with E-state index in [2.05, 4.69) is 5.32 Å². The predicted molar refractivity (Wildman–Crippen MR) is 167 cm³/mol. The number of amides is 2. The monoisotopic (exact) mass is 571 g/mol. The molecule has 4 aromatic carbocycles. The van der Waals surface area contributed by atoms with Crippen LogP contribution in [0.2, 0.25) is 0 Å². The Bertz CT molecular complexity index is 1760. The third-order valence-corrected chi connectivity index (χ3v) is 7.89. The number of aromatic nitrogens is 1. The topological polar surface area (TPSA) is 91.8 Å². The Morgan fingerprint density at radius 3 is 2.40 bits per heavy atom. The van der Waals surface area contributed by atoms with Gasteiger partial charge < -0.3 is 20.1 Å². The number of carbonyl (C=O) groups is 2. The number of hydrogen-bond acceptors (Lipinski definition) is 5. The molecule has 43 heavy (non-hydrogen) atoms. The highest BCUT2D eigenvalue weighted by atomic mass is 16.5. The molecule has 0 radical (unpaired) electrons. The van der Waals surface area contributed by atoms with Gasteiger partial charge in [-0.3, -0.25) is 9.59 Å². The van der Waals surface area contributed by atoms with Crippen molar-refractivity contribution in [1.82, 2.24) is 15.2 Å². The van der Waals surface area contributed by atoms with Crippen LogP contribution in [0.1, 0.15) is 51.2 Å². The van der Waals surface area contributed by atoms with E-state index in [1.807, 2.05) is 110 Å². The molecule has 0 saturated heterocycles. The van der Waals surface area contributed by atoms with Crippen LogP contribution >= 0.6 is 0 Å². The molecule has 0 bridgehead atoms. The molecule has 6 rings (SSSR count). The maximum atomic E-state index is 14.2. The summed E-state index contributed by atoms with van der Waals surface area (Å²) in [5.41, 5.74) is 4.81. The number of ether oxygens (including phenoxy) is 1. The molecule has 2 amide bonds. The number of aliphatic hydroxyl groups is 1. The Labute approximate surface area is 250 Å². The van der Waals surface area contributed by atoms with Gasteiger partial charge >= 0.3 is 0 Å². The first-order chi connectivity index (χ1) is 21.0. The van der Waals surface area contributed by atoms with Crippen LogP contribution in [-0.2, 0) is 6.42 Å². The normalized spacial score (nSPS) is 15.2. The van der Waals surface area contributed by atoms with Gasteiger partial charge in [-0.1, -0.05) is 104 Å². The van der Waals surface area contributed by atoms with Gasteiger partial charge in [0.1, 0.15) is 18.5 Å². The Morgan fingerprint density at radius 1 is 0.953 bits per heavy atom. The summed E-state index contributed by atoms with van der Waals surface area (Å²) in [5, 5.41) is 14.7. The van der Waals surface area contributed by atoms with E-state index >= 15 is 0 Å². The van der Waals surface area contributed by atoms with Crippen molar-refractivity contribution in [3.8, 4) is 17.0 Å². The Morgan fingerprint density at radius 2 is 1.63 bits per heavy atom. The molecule has 2 N–H and O–H groups in total. The molecule has 2 heterocycles. The molecule has 0 saturated carbocycles. The molecule has 216 valence electrons. The number of para-hydroxylation sites is 1. The first-order valence-corrected chi connectivity index (χ1v) is 14.6. The zero-order valence-corrected chi connectivity index (χ0v) is 23.9. The van der Waals surface area contributed by atoms with Crippen LogP contribution in [0.25, 0.3) is 22.2 Å². The fraction of sp³-hybridized carbons (Fsp3) is 0.194. The lowest BCUT2D eigenvalue weighted by Gasteiger charge is -2.33. The first-order valence-electron chi connectivity index (χ1n) is 14.6. The van der Waals surface area contributed by atoms with Gasteiger partial charge in [0.15, 0.2) is 5.75 Å². The van der Waals surface area contributed by atoms with E-state index in [1.54, 1.807) is 6.07 Å². The fourth-order valence-electron chi connectivity index (χ4n) is 5.69. The zero-order chi connectivity index (χ0) is 29.8. The molecule has 2 atom stereocenters. The predicted octanol–water partition coefficient (Wildman–Crippen LogP) is 6.18. The van der Waals surface area contributed by atoms with Crippen LogP contribution in [0.3, 0.4) is 0 Å². The summed E-state index contributed by atoms with van der Waals surface area (Å²) in [5.74, 6) is -0.182. The smallest absolute Gasteiger partial charge is 0.256 e. The van der Waals surface area contributed by atoms with E-state index in [9.17, 15) is 14.7 Å². The molecule has 0 fully saturated rings. The first kappa shape index (κ1) is 28.1. The summed E-state index contributed by atoms with van der Waals surface area (Å²) in [6.45, 7) is 2.23. The van der Waals surface area contributed by atoms with E-state index in [0.29, 0.717) is 46.3 Å². The second kappa shape index (κ2) is 12.5. The van der Waals surface area contributed by atoms with Crippen molar-refractivity contribution < 1.29 is 19.4 Å². The minimum atomic E-state index is -0.965. The standard InChI is InChI=1S/C36H33N3O4/c1-2-29(24-13-5-3-6-14-24)38-35(41)32-28-19-11-12-20-30(28)37-33(25-15-7-4-8-16-25)34(32)43-22-21-39-31(40)23-26-17-9-10-18-27(26)36(39)42/h3-20,29,31,40H,2,21-23H2,1H3,(H,38,41). The minimum absolute atomic E-state index is 0.0565. The van der Waals surface area contributed by atoms with Crippen molar-refractivity contribution in [3.05, 3.63) is 131 Å². The van der Waals surface area contributed by atoms with E-state index in [4.69, 9.17) is 9.72 Å². The number of pyridine rings is 1. The lowest BCUT2D eigenvalue weighted by atomic mass is 9.98. The number of fused-ring (bicyclic) bond motifs is 2. The number of hydrogen-bond donors (Lipinski definition) is 2. The molecule has 7 nitrogen and oxygen atoms in total. The quantitative estimate of drug-likeness (QED) is 0.221.